The number of benzene rings is 1. The van der Waals surface area contributed by atoms with Crippen LogP contribution < -0.4 is 5.73 Å². The fourth-order valence-corrected chi connectivity index (χ4v) is 4.10. The molecule has 5 nitrogen and oxygen atoms in total. The van der Waals surface area contributed by atoms with Crippen molar-refractivity contribution in [2.24, 2.45) is 5.73 Å². The van der Waals surface area contributed by atoms with E-state index < -0.39 is 32.5 Å². The summed E-state index contributed by atoms with van der Waals surface area (Å²) in [6.45, 7) is 0. The van der Waals surface area contributed by atoms with E-state index in [1.807, 2.05) is 0 Å². The van der Waals surface area contributed by atoms with Crippen molar-refractivity contribution in [3.63, 3.8) is 0 Å². The molecular weight excluding hydrogens is 242 g/mol. The molecule has 0 bridgehead atoms. The van der Waals surface area contributed by atoms with Gasteiger partial charge in [0.05, 0.1) is 5.25 Å². The highest BCUT2D eigenvalue weighted by atomic mass is 32.2. The molecular formula is C11H13NO4S. The molecule has 0 unspecified atom stereocenters. The number of hydrogen-bond acceptors (Lipinski definition) is 4. The maximum atomic E-state index is 11.6. The van der Waals surface area contributed by atoms with Crippen molar-refractivity contribution in [3.05, 3.63) is 35.9 Å². The molecule has 3 N–H and O–H groups in total. The highest BCUT2D eigenvalue weighted by molar-refractivity contribution is 7.91. The van der Waals surface area contributed by atoms with Crippen molar-refractivity contribution < 1.29 is 18.3 Å². The van der Waals surface area contributed by atoms with Crippen LogP contribution in [0.2, 0.25) is 0 Å². The Hall–Kier alpha value is -1.40. The fourth-order valence-electron chi connectivity index (χ4n) is 2.34. The predicted molar refractivity (Wildman–Crippen MR) is 62.4 cm³/mol. The largest absolute Gasteiger partial charge is 0.480 e. The van der Waals surface area contributed by atoms with Crippen LogP contribution in [0.5, 0.6) is 0 Å². The summed E-state index contributed by atoms with van der Waals surface area (Å²) < 4.78 is 23.1. The predicted octanol–water partition coefficient (Wildman–Crippen LogP) is -0.0209. The van der Waals surface area contributed by atoms with Crippen molar-refractivity contribution in [1.82, 2.24) is 0 Å². The number of sulfone groups is 1. The molecule has 0 amide bonds. The zero-order valence-electron chi connectivity index (χ0n) is 9.20. The van der Waals surface area contributed by atoms with E-state index in [0.717, 1.165) is 6.26 Å². The standard InChI is InChI=1S/C11H13NO4S/c1-17(15,16)9-8(11(9,12)10(13)14)7-5-3-2-4-6-7/h2-6,8-9H,12H2,1H3,(H,13,14)/t8-,9-,11-/m1/s1. The van der Waals surface area contributed by atoms with E-state index in [9.17, 15) is 13.2 Å². The van der Waals surface area contributed by atoms with Crippen LogP contribution in [0, 0.1) is 0 Å². The van der Waals surface area contributed by atoms with E-state index in [4.69, 9.17) is 10.8 Å². The van der Waals surface area contributed by atoms with Gasteiger partial charge in [-0.15, -0.1) is 0 Å². The van der Waals surface area contributed by atoms with Crippen molar-refractivity contribution >= 4 is 15.8 Å². The minimum Gasteiger partial charge on any atom is -0.480 e. The third kappa shape index (κ3) is 1.73. The van der Waals surface area contributed by atoms with Crippen LogP contribution in [0.15, 0.2) is 30.3 Å². The molecule has 1 aliphatic rings. The number of rotatable bonds is 3. The third-order valence-corrected chi connectivity index (χ3v) is 4.75. The van der Waals surface area contributed by atoms with Gasteiger partial charge in [0.1, 0.15) is 5.54 Å². The highest BCUT2D eigenvalue weighted by Crippen LogP contribution is 2.53. The van der Waals surface area contributed by atoms with E-state index in [1.165, 1.54) is 0 Å². The molecule has 0 radical (unpaired) electrons. The summed E-state index contributed by atoms with van der Waals surface area (Å²) >= 11 is 0. The van der Waals surface area contributed by atoms with Crippen molar-refractivity contribution in [2.75, 3.05) is 6.26 Å². The number of carbonyl (C=O) groups is 1. The van der Waals surface area contributed by atoms with Gasteiger partial charge < -0.3 is 10.8 Å². The first-order valence-electron chi connectivity index (χ1n) is 5.05. The Kier molecular flexibility index (Phi) is 2.52. The average Bonchev–Trinajstić information content (AvgIpc) is 2.88. The zero-order chi connectivity index (χ0) is 12.8. The Morgan fingerprint density at radius 1 is 1.35 bits per heavy atom. The molecule has 17 heavy (non-hydrogen) atoms. The van der Waals surface area contributed by atoms with Gasteiger partial charge in [0.15, 0.2) is 9.84 Å². The molecule has 6 heteroatoms. The van der Waals surface area contributed by atoms with Gasteiger partial charge in [-0.25, -0.2) is 8.42 Å². The second-order valence-electron chi connectivity index (χ2n) is 4.38. The van der Waals surface area contributed by atoms with Crippen molar-refractivity contribution in [3.8, 4) is 0 Å². The Balaban J connectivity index is 2.46. The maximum Gasteiger partial charge on any atom is 0.325 e. The van der Waals surface area contributed by atoms with Gasteiger partial charge in [-0.05, 0) is 5.56 Å². The topological polar surface area (TPSA) is 97.5 Å². The lowest BCUT2D eigenvalue weighted by atomic mass is 10.1. The van der Waals surface area contributed by atoms with Gasteiger partial charge in [0, 0.05) is 12.2 Å². The third-order valence-electron chi connectivity index (χ3n) is 3.17. The van der Waals surface area contributed by atoms with Crippen LogP contribution >= 0.6 is 0 Å². The van der Waals surface area contributed by atoms with Gasteiger partial charge in [0.2, 0.25) is 0 Å². The quantitative estimate of drug-likeness (QED) is 0.791. The van der Waals surface area contributed by atoms with E-state index in [0.29, 0.717) is 5.56 Å². The number of aliphatic carboxylic acids is 1. The molecule has 0 spiro atoms. The molecule has 1 aliphatic carbocycles. The van der Waals surface area contributed by atoms with Crippen LogP contribution in [0.3, 0.4) is 0 Å². The summed E-state index contributed by atoms with van der Waals surface area (Å²) in [5, 5.41) is 8.04. The van der Waals surface area contributed by atoms with Crippen molar-refractivity contribution in [1.29, 1.82) is 0 Å². The second kappa shape index (κ2) is 3.54. The minimum atomic E-state index is -3.49. The molecule has 92 valence electrons. The summed E-state index contributed by atoms with van der Waals surface area (Å²) in [5.41, 5.74) is 4.66. The van der Waals surface area contributed by atoms with E-state index in [2.05, 4.69) is 0 Å². The average molecular weight is 255 g/mol. The molecule has 0 heterocycles. The first kappa shape index (κ1) is 12.1. The number of hydrogen-bond donors (Lipinski definition) is 2. The summed E-state index contributed by atoms with van der Waals surface area (Å²) in [5.74, 6) is -1.95. The van der Waals surface area contributed by atoms with Crippen LogP contribution in [-0.4, -0.2) is 36.5 Å². The molecule has 1 saturated carbocycles. The Labute approximate surface area is 99.2 Å². The van der Waals surface area contributed by atoms with Crippen LogP contribution in [0.1, 0.15) is 11.5 Å². The lowest BCUT2D eigenvalue weighted by molar-refractivity contribution is -0.139. The van der Waals surface area contributed by atoms with Gasteiger partial charge in [0.25, 0.3) is 0 Å². The fraction of sp³-hybridized carbons (Fsp3) is 0.364. The van der Waals surface area contributed by atoms with E-state index in [-0.39, 0.29) is 0 Å². The van der Waals surface area contributed by atoms with Crippen LogP contribution in [-0.2, 0) is 14.6 Å². The normalized spacial score (nSPS) is 32.1. The number of nitrogens with two attached hydrogens (primary N) is 1. The Morgan fingerprint density at radius 2 is 1.88 bits per heavy atom. The zero-order valence-corrected chi connectivity index (χ0v) is 10.0. The first-order valence-corrected chi connectivity index (χ1v) is 7.01. The second-order valence-corrected chi connectivity index (χ2v) is 6.54. The summed E-state index contributed by atoms with van der Waals surface area (Å²) in [6, 6.07) is 8.63. The smallest absolute Gasteiger partial charge is 0.325 e. The first-order chi connectivity index (χ1) is 7.79. The highest BCUT2D eigenvalue weighted by Gasteiger charge is 2.73. The van der Waals surface area contributed by atoms with Gasteiger partial charge in [-0.3, -0.25) is 4.79 Å². The summed E-state index contributed by atoms with van der Waals surface area (Å²) in [6.07, 6.45) is 1.02. The molecule has 0 aliphatic heterocycles. The molecule has 1 aromatic carbocycles. The number of carboxylic acid groups (broad SMARTS) is 1. The molecule has 2 rings (SSSR count). The molecule has 0 aromatic heterocycles. The molecule has 1 aromatic rings. The lowest BCUT2D eigenvalue weighted by Gasteiger charge is -2.04. The monoisotopic (exact) mass is 255 g/mol. The number of carboxylic acids is 1. The Morgan fingerprint density at radius 3 is 2.24 bits per heavy atom. The van der Waals surface area contributed by atoms with Crippen LogP contribution in [0.4, 0.5) is 0 Å². The molecule has 3 atom stereocenters. The van der Waals surface area contributed by atoms with Gasteiger partial charge >= 0.3 is 5.97 Å². The van der Waals surface area contributed by atoms with Crippen LogP contribution in [0.25, 0.3) is 0 Å². The van der Waals surface area contributed by atoms with Gasteiger partial charge in [-0.2, -0.15) is 0 Å². The lowest BCUT2D eigenvalue weighted by Crippen LogP contribution is -2.39. The SMILES string of the molecule is CS(=O)(=O)[C@@H]1[C@@H](c2ccccc2)[C@]1(N)C(=O)O. The Bertz CT molecular complexity index is 554. The summed E-state index contributed by atoms with van der Waals surface area (Å²) in [4.78, 5) is 11.1. The molecule has 0 saturated heterocycles. The minimum absolute atomic E-state index is 0.646. The molecule has 1 fully saturated rings. The van der Waals surface area contributed by atoms with Crippen molar-refractivity contribution in [2.45, 2.75) is 16.7 Å². The summed E-state index contributed by atoms with van der Waals surface area (Å²) in [7, 11) is -3.49. The van der Waals surface area contributed by atoms with E-state index >= 15 is 0 Å². The van der Waals surface area contributed by atoms with E-state index in [1.54, 1.807) is 30.3 Å². The van der Waals surface area contributed by atoms with Gasteiger partial charge in [-0.1, -0.05) is 30.3 Å². The maximum absolute atomic E-state index is 11.6.